The molecule has 0 saturated heterocycles. The van der Waals surface area contributed by atoms with E-state index < -0.39 is 0 Å². The number of para-hydroxylation sites is 3. The Balaban J connectivity index is 1.29. The summed E-state index contributed by atoms with van der Waals surface area (Å²) in [4.78, 5) is 4.69. The standard InChI is InChI=1S/C42H27ClN2S2/c43-28-24-37(45(31-16-8-3-9-17-31)33-20-22-35-34-18-10-11-19-38(34)46-40(35)27-33)42-36-26-32(21-23-39(36)47-41(42)25-28)44(29-12-4-1-5-13-29)30-14-6-2-7-15-30/h1-27H. The third-order valence-corrected chi connectivity index (χ3v) is 11.1. The lowest BCUT2D eigenvalue weighted by molar-refractivity contribution is 1.29. The molecule has 0 saturated carbocycles. The predicted molar refractivity (Wildman–Crippen MR) is 207 cm³/mol. The van der Waals surface area contributed by atoms with Gasteiger partial charge in [0.25, 0.3) is 0 Å². The molecule has 2 aromatic heterocycles. The fourth-order valence-electron chi connectivity index (χ4n) is 6.61. The van der Waals surface area contributed by atoms with Crippen LogP contribution in [0.3, 0.4) is 0 Å². The monoisotopic (exact) mass is 658 g/mol. The lowest BCUT2D eigenvalue weighted by atomic mass is 10.1. The smallest absolute Gasteiger partial charge is 0.0569 e. The van der Waals surface area contributed by atoms with E-state index in [0.717, 1.165) is 43.8 Å². The highest BCUT2D eigenvalue weighted by Gasteiger charge is 2.22. The molecule has 0 aliphatic carbocycles. The van der Waals surface area contributed by atoms with Crippen LogP contribution in [0.5, 0.6) is 0 Å². The molecular formula is C42H27ClN2S2. The largest absolute Gasteiger partial charge is 0.310 e. The molecule has 9 aromatic rings. The summed E-state index contributed by atoms with van der Waals surface area (Å²) in [6, 6.07) is 58.3. The second-order valence-corrected chi connectivity index (χ2v) is 14.1. The Morgan fingerprint density at radius 1 is 0.362 bits per heavy atom. The Morgan fingerprint density at radius 2 is 0.894 bits per heavy atom. The Bertz CT molecular complexity index is 2500. The molecule has 9 rings (SSSR count). The van der Waals surface area contributed by atoms with Gasteiger partial charge in [0.1, 0.15) is 0 Å². The van der Waals surface area contributed by atoms with Gasteiger partial charge in [-0.2, -0.15) is 0 Å². The van der Waals surface area contributed by atoms with Crippen molar-refractivity contribution >= 4 is 109 Å². The van der Waals surface area contributed by atoms with E-state index in [2.05, 4.69) is 174 Å². The zero-order valence-corrected chi connectivity index (χ0v) is 27.6. The highest BCUT2D eigenvalue weighted by Crippen LogP contribution is 2.49. The van der Waals surface area contributed by atoms with Gasteiger partial charge in [0.05, 0.1) is 5.69 Å². The third-order valence-electron chi connectivity index (χ3n) is 8.66. The number of nitrogens with zero attached hydrogens (tertiary/aromatic N) is 2. The average Bonchev–Trinajstić information content (AvgIpc) is 3.67. The van der Waals surface area contributed by atoms with Gasteiger partial charge < -0.3 is 9.80 Å². The van der Waals surface area contributed by atoms with Gasteiger partial charge in [-0.1, -0.05) is 90.5 Å². The van der Waals surface area contributed by atoms with Gasteiger partial charge in [0.2, 0.25) is 0 Å². The van der Waals surface area contributed by atoms with Crippen LogP contribution in [-0.4, -0.2) is 0 Å². The van der Waals surface area contributed by atoms with E-state index in [1.54, 1.807) is 11.3 Å². The molecule has 0 bridgehead atoms. The fraction of sp³-hybridized carbons (Fsp3) is 0. The van der Waals surface area contributed by atoms with Crippen molar-refractivity contribution in [2.75, 3.05) is 9.80 Å². The maximum Gasteiger partial charge on any atom is 0.0569 e. The van der Waals surface area contributed by atoms with Crippen molar-refractivity contribution in [3.05, 3.63) is 169 Å². The summed E-state index contributed by atoms with van der Waals surface area (Å²) in [5.74, 6) is 0. The van der Waals surface area contributed by atoms with Gasteiger partial charge in [-0.3, -0.25) is 0 Å². The van der Waals surface area contributed by atoms with E-state index in [9.17, 15) is 0 Å². The first-order valence-corrected chi connectivity index (χ1v) is 17.5. The van der Waals surface area contributed by atoms with Crippen molar-refractivity contribution in [1.29, 1.82) is 0 Å². The van der Waals surface area contributed by atoms with E-state index in [1.807, 2.05) is 11.3 Å². The Hall–Kier alpha value is -5.13. The van der Waals surface area contributed by atoms with E-state index in [1.165, 1.54) is 35.6 Å². The van der Waals surface area contributed by atoms with E-state index >= 15 is 0 Å². The van der Waals surface area contributed by atoms with Crippen molar-refractivity contribution in [3.63, 3.8) is 0 Å². The molecule has 0 aliphatic heterocycles. The molecule has 0 spiro atoms. The second-order valence-electron chi connectivity index (χ2n) is 11.5. The predicted octanol–water partition coefficient (Wildman–Crippen LogP) is 14.0. The van der Waals surface area contributed by atoms with Gasteiger partial charge in [-0.25, -0.2) is 0 Å². The van der Waals surface area contributed by atoms with Crippen molar-refractivity contribution in [2.45, 2.75) is 0 Å². The number of rotatable bonds is 6. The zero-order valence-electron chi connectivity index (χ0n) is 25.2. The quantitative estimate of drug-likeness (QED) is 0.175. The number of hydrogen-bond acceptors (Lipinski definition) is 4. The molecule has 0 atom stereocenters. The SMILES string of the molecule is Clc1cc(N(c2ccccc2)c2ccc3c(c2)sc2ccccc23)c2c(c1)sc1ccc(N(c3ccccc3)c3ccccc3)cc12. The average molecular weight is 659 g/mol. The summed E-state index contributed by atoms with van der Waals surface area (Å²) >= 11 is 10.6. The highest BCUT2D eigenvalue weighted by atomic mass is 35.5. The summed E-state index contributed by atoms with van der Waals surface area (Å²) in [5.41, 5.74) is 6.58. The molecule has 0 aliphatic rings. The molecule has 47 heavy (non-hydrogen) atoms. The molecule has 0 unspecified atom stereocenters. The molecule has 7 aromatic carbocycles. The van der Waals surface area contributed by atoms with Crippen molar-refractivity contribution in [1.82, 2.24) is 0 Å². The van der Waals surface area contributed by atoms with Crippen LogP contribution in [0.15, 0.2) is 164 Å². The number of anilines is 6. The van der Waals surface area contributed by atoms with E-state index in [-0.39, 0.29) is 0 Å². The minimum absolute atomic E-state index is 0.721. The van der Waals surface area contributed by atoms with Crippen LogP contribution < -0.4 is 9.80 Å². The van der Waals surface area contributed by atoms with Gasteiger partial charge in [0, 0.05) is 73.8 Å². The summed E-state index contributed by atoms with van der Waals surface area (Å²) < 4.78 is 4.95. The maximum absolute atomic E-state index is 6.93. The molecule has 0 fully saturated rings. The summed E-state index contributed by atoms with van der Waals surface area (Å²) in [6.45, 7) is 0. The van der Waals surface area contributed by atoms with Crippen molar-refractivity contribution in [2.24, 2.45) is 0 Å². The first-order valence-electron chi connectivity index (χ1n) is 15.5. The molecule has 0 N–H and O–H groups in total. The molecule has 0 radical (unpaired) electrons. The maximum atomic E-state index is 6.93. The molecule has 224 valence electrons. The van der Waals surface area contributed by atoms with Gasteiger partial charge in [0.15, 0.2) is 0 Å². The highest BCUT2D eigenvalue weighted by molar-refractivity contribution is 7.26. The summed E-state index contributed by atoms with van der Waals surface area (Å²) in [5, 5.41) is 5.70. The van der Waals surface area contributed by atoms with Gasteiger partial charge in [-0.15, -0.1) is 22.7 Å². The van der Waals surface area contributed by atoms with Gasteiger partial charge >= 0.3 is 0 Å². The van der Waals surface area contributed by atoms with Crippen LogP contribution in [0.25, 0.3) is 40.3 Å². The Kier molecular flexibility index (Phi) is 6.93. The zero-order chi connectivity index (χ0) is 31.3. The van der Waals surface area contributed by atoms with Crippen LogP contribution in [0, 0.1) is 0 Å². The first kappa shape index (κ1) is 28.1. The second kappa shape index (κ2) is 11.6. The van der Waals surface area contributed by atoms with Crippen LogP contribution in [0.2, 0.25) is 5.02 Å². The molecule has 5 heteroatoms. The van der Waals surface area contributed by atoms with Crippen molar-refractivity contribution in [3.8, 4) is 0 Å². The van der Waals surface area contributed by atoms with Crippen LogP contribution in [-0.2, 0) is 0 Å². The van der Waals surface area contributed by atoms with E-state index in [4.69, 9.17) is 11.6 Å². The molecular weight excluding hydrogens is 632 g/mol. The fourth-order valence-corrected chi connectivity index (χ4v) is 9.18. The summed E-state index contributed by atoms with van der Waals surface area (Å²) in [7, 11) is 0. The van der Waals surface area contributed by atoms with Crippen LogP contribution in [0.4, 0.5) is 34.1 Å². The van der Waals surface area contributed by atoms with E-state index in [0.29, 0.717) is 0 Å². The first-order chi connectivity index (χ1) is 23.2. The lowest BCUT2D eigenvalue weighted by Gasteiger charge is -2.27. The van der Waals surface area contributed by atoms with Crippen LogP contribution in [0.1, 0.15) is 0 Å². The van der Waals surface area contributed by atoms with Crippen LogP contribution >= 0.6 is 34.3 Å². The molecule has 2 heterocycles. The minimum atomic E-state index is 0.721. The normalized spacial score (nSPS) is 11.5. The summed E-state index contributed by atoms with van der Waals surface area (Å²) in [6.07, 6.45) is 0. The number of thiophene rings is 2. The van der Waals surface area contributed by atoms with Crippen molar-refractivity contribution < 1.29 is 0 Å². The number of hydrogen-bond donors (Lipinski definition) is 0. The number of fused-ring (bicyclic) bond motifs is 6. The van der Waals surface area contributed by atoms with Gasteiger partial charge in [-0.05, 0) is 84.9 Å². The number of halogens is 1. The Morgan fingerprint density at radius 3 is 1.60 bits per heavy atom. The Labute approximate surface area is 285 Å². The lowest BCUT2D eigenvalue weighted by Crippen LogP contribution is -2.10. The number of benzene rings is 7. The minimum Gasteiger partial charge on any atom is -0.310 e. The topological polar surface area (TPSA) is 6.48 Å². The molecule has 0 amide bonds. The molecule has 2 nitrogen and oxygen atoms in total. The third kappa shape index (κ3) is 4.93.